The molecule has 2 rings (SSSR count). The van der Waals surface area contributed by atoms with Crippen LogP contribution in [0, 0.1) is 10.1 Å². The minimum absolute atomic E-state index is 0.0148. The van der Waals surface area contributed by atoms with Crippen LogP contribution < -0.4 is 16.7 Å². The van der Waals surface area contributed by atoms with Crippen molar-refractivity contribution in [3.8, 4) is 0 Å². The van der Waals surface area contributed by atoms with Crippen molar-refractivity contribution in [3.63, 3.8) is 0 Å². The third-order valence-corrected chi connectivity index (χ3v) is 2.81. The predicted octanol–water partition coefficient (Wildman–Crippen LogP) is 0.693. The Morgan fingerprint density at radius 3 is 2.74 bits per heavy atom. The Bertz CT molecular complexity index is 755. The first kappa shape index (κ1) is 13.0. The maximum atomic E-state index is 12.0. The van der Waals surface area contributed by atoms with E-state index in [1.165, 1.54) is 0 Å². The monoisotopic (exact) mass is 282 g/mol. The van der Waals surface area contributed by atoms with Gasteiger partial charge in [0.25, 0.3) is 11.6 Å². The van der Waals surface area contributed by atoms with Gasteiger partial charge in [0, 0.05) is 18.3 Å². The number of carbonyl (C=O) groups is 1. The summed E-state index contributed by atoms with van der Waals surface area (Å²) in [6.45, 7) is 0. The number of hydrazine groups is 1. The number of amides is 1. The van der Waals surface area contributed by atoms with E-state index in [1.807, 2.05) is 5.43 Å². The SMILES string of the molecule is NNC(=O)c1c[nH]c2c(Cl)cc([N+](=O)[O-])cc2c1=O. The first-order chi connectivity index (χ1) is 8.95. The van der Waals surface area contributed by atoms with Crippen LogP contribution in [-0.4, -0.2) is 15.8 Å². The summed E-state index contributed by atoms with van der Waals surface area (Å²) in [5, 5.41) is 10.7. The zero-order valence-corrected chi connectivity index (χ0v) is 10.0. The molecule has 0 atom stereocenters. The van der Waals surface area contributed by atoms with Crippen molar-refractivity contribution >= 4 is 34.1 Å². The molecule has 19 heavy (non-hydrogen) atoms. The lowest BCUT2D eigenvalue weighted by Gasteiger charge is -2.03. The number of nitrogens with zero attached hydrogens (tertiary/aromatic N) is 1. The van der Waals surface area contributed by atoms with Gasteiger partial charge < -0.3 is 4.98 Å². The van der Waals surface area contributed by atoms with E-state index in [0.717, 1.165) is 18.3 Å². The highest BCUT2D eigenvalue weighted by Crippen LogP contribution is 2.25. The molecule has 98 valence electrons. The largest absolute Gasteiger partial charge is 0.359 e. The molecule has 2 aromatic rings. The third kappa shape index (κ3) is 2.14. The maximum Gasteiger partial charge on any atom is 0.271 e. The van der Waals surface area contributed by atoms with E-state index in [-0.39, 0.29) is 27.2 Å². The maximum absolute atomic E-state index is 12.0. The average molecular weight is 283 g/mol. The van der Waals surface area contributed by atoms with Crippen LogP contribution >= 0.6 is 11.6 Å². The number of non-ortho nitro benzene ring substituents is 1. The van der Waals surface area contributed by atoms with Gasteiger partial charge >= 0.3 is 0 Å². The van der Waals surface area contributed by atoms with E-state index in [0.29, 0.717) is 0 Å². The van der Waals surface area contributed by atoms with Crippen LogP contribution in [0.15, 0.2) is 23.1 Å². The standard InChI is InChI=1S/C10H7ClN4O4/c11-7-2-4(15(18)19)1-5-8(7)13-3-6(9(5)16)10(17)14-12/h1-3H,12H2,(H,13,16)(H,14,17). The highest BCUT2D eigenvalue weighted by molar-refractivity contribution is 6.35. The highest BCUT2D eigenvalue weighted by Gasteiger charge is 2.17. The number of benzene rings is 1. The highest BCUT2D eigenvalue weighted by atomic mass is 35.5. The van der Waals surface area contributed by atoms with Gasteiger partial charge in [0.05, 0.1) is 20.8 Å². The van der Waals surface area contributed by atoms with Crippen LogP contribution in [-0.2, 0) is 0 Å². The molecule has 0 unspecified atom stereocenters. The van der Waals surface area contributed by atoms with Crippen molar-refractivity contribution in [2.45, 2.75) is 0 Å². The van der Waals surface area contributed by atoms with Crippen molar-refractivity contribution in [3.05, 3.63) is 49.3 Å². The first-order valence-corrected chi connectivity index (χ1v) is 5.33. The Morgan fingerprint density at radius 2 is 2.16 bits per heavy atom. The van der Waals surface area contributed by atoms with Crippen LogP contribution in [0.25, 0.3) is 10.9 Å². The average Bonchev–Trinajstić information content (AvgIpc) is 2.38. The van der Waals surface area contributed by atoms with Gasteiger partial charge in [-0.3, -0.25) is 25.1 Å². The minimum Gasteiger partial charge on any atom is -0.359 e. The number of rotatable bonds is 2. The first-order valence-electron chi connectivity index (χ1n) is 4.96. The predicted molar refractivity (Wildman–Crippen MR) is 67.9 cm³/mol. The van der Waals surface area contributed by atoms with Gasteiger partial charge in [-0.25, -0.2) is 5.84 Å². The lowest BCUT2D eigenvalue weighted by Crippen LogP contribution is -2.33. The van der Waals surface area contributed by atoms with E-state index in [2.05, 4.69) is 4.98 Å². The molecule has 4 N–H and O–H groups in total. The van der Waals surface area contributed by atoms with E-state index < -0.39 is 16.3 Å². The quantitative estimate of drug-likeness (QED) is 0.323. The van der Waals surface area contributed by atoms with Crippen LogP contribution in [0.2, 0.25) is 5.02 Å². The number of nitrogens with one attached hydrogen (secondary N) is 2. The number of fused-ring (bicyclic) bond motifs is 1. The normalized spacial score (nSPS) is 10.4. The number of nitro groups is 1. The molecular formula is C10H7ClN4O4. The second kappa shape index (κ2) is 4.67. The number of nitrogen functional groups attached to an aromatic ring is 1. The number of carbonyl (C=O) groups excluding carboxylic acids is 1. The molecule has 0 saturated carbocycles. The fourth-order valence-electron chi connectivity index (χ4n) is 1.62. The van der Waals surface area contributed by atoms with Gasteiger partial charge in [-0.2, -0.15) is 0 Å². The number of H-pyrrole nitrogens is 1. The topological polar surface area (TPSA) is 131 Å². The van der Waals surface area contributed by atoms with Crippen LogP contribution in [0.1, 0.15) is 10.4 Å². The van der Waals surface area contributed by atoms with Crippen LogP contribution in [0.4, 0.5) is 5.69 Å². The number of aromatic amines is 1. The van der Waals surface area contributed by atoms with E-state index in [4.69, 9.17) is 17.4 Å². The molecule has 9 heteroatoms. The van der Waals surface area contributed by atoms with E-state index in [9.17, 15) is 19.7 Å². The molecule has 0 saturated heterocycles. The summed E-state index contributed by atoms with van der Waals surface area (Å²) in [4.78, 5) is 36.1. The van der Waals surface area contributed by atoms with Crippen molar-refractivity contribution in [1.29, 1.82) is 0 Å². The van der Waals surface area contributed by atoms with Crippen molar-refractivity contribution in [1.82, 2.24) is 10.4 Å². The summed E-state index contributed by atoms with van der Waals surface area (Å²) in [6, 6.07) is 2.16. The Morgan fingerprint density at radius 1 is 1.47 bits per heavy atom. The summed E-state index contributed by atoms with van der Waals surface area (Å²) in [5.41, 5.74) is 0.737. The molecule has 1 heterocycles. The second-order valence-electron chi connectivity index (χ2n) is 3.61. The fourth-order valence-corrected chi connectivity index (χ4v) is 1.89. The van der Waals surface area contributed by atoms with Crippen LogP contribution in [0.5, 0.6) is 0 Å². The van der Waals surface area contributed by atoms with Crippen molar-refractivity contribution in [2.24, 2.45) is 5.84 Å². The minimum atomic E-state index is -0.800. The summed E-state index contributed by atoms with van der Waals surface area (Å²) in [5.74, 6) is 4.14. The number of halogens is 1. The lowest BCUT2D eigenvalue weighted by atomic mass is 10.1. The van der Waals surface area contributed by atoms with Gasteiger partial charge in [-0.05, 0) is 0 Å². The van der Waals surface area contributed by atoms with E-state index in [1.54, 1.807) is 0 Å². The van der Waals surface area contributed by atoms with Gasteiger partial charge in [0.15, 0.2) is 0 Å². The molecule has 0 aliphatic heterocycles. The molecular weight excluding hydrogens is 276 g/mol. The Kier molecular flexibility index (Phi) is 3.19. The molecule has 0 bridgehead atoms. The number of nitrogens with two attached hydrogens (primary N) is 1. The summed E-state index contributed by atoms with van der Waals surface area (Å²) >= 11 is 5.84. The van der Waals surface area contributed by atoms with Gasteiger partial charge in [0.2, 0.25) is 5.43 Å². The Balaban J connectivity index is 2.84. The van der Waals surface area contributed by atoms with Crippen molar-refractivity contribution < 1.29 is 9.72 Å². The van der Waals surface area contributed by atoms with Crippen molar-refractivity contribution in [2.75, 3.05) is 0 Å². The van der Waals surface area contributed by atoms with Gasteiger partial charge in [-0.1, -0.05) is 11.6 Å². The number of nitro benzene ring substituents is 1. The van der Waals surface area contributed by atoms with Crippen LogP contribution in [0.3, 0.4) is 0 Å². The molecule has 0 fully saturated rings. The molecule has 0 spiro atoms. The van der Waals surface area contributed by atoms with Gasteiger partial charge in [-0.15, -0.1) is 0 Å². The fraction of sp³-hybridized carbons (Fsp3) is 0. The molecule has 1 amide bonds. The lowest BCUT2D eigenvalue weighted by molar-refractivity contribution is -0.384. The number of hydrogen-bond acceptors (Lipinski definition) is 5. The molecule has 1 aromatic heterocycles. The summed E-state index contributed by atoms with van der Waals surface area (Å²) in [6.07, 6.45) is 1.14. The Hall–Kier alpha value is -2.45. The number of hydrogen-bond donors (Lipinski definition) is 3. The number of aromatic nitrogens is 1. The molecule has 1 aromatic carbocycles. The molecule has 0 radical (unpaired) electrons. The zero-order chi connectivity index (χ0) is 14.2. The smallest absolute Gasteiger partial charge is 0.271 e. The zero-order valence-electron chi connectivity index (χ0n) is 9.27. The summed E-state index contributed by atoms with van der Waals surface area (Å²) in [7, 11) is 0. The Labute approximate surface area is 110 Å². The van der Waals surface area contributed by atoms with E-state index >= 15 is 0 Å². The molecule has 0 aliphatic rings. The number of pyridine rings is 1. The third-order valence-electron chi connectivity index (χ3n) is 2.51. The molecule has 8 nitrogen and oxygen atoms in total. The molecule has 0 aliphatic carbocycles. The summed E-state index contributed by atoms with van der Waals surface area (Å²) < 4.78 is 0. The van der Waals surface area contributed by atoms with Gasteiger partial charge in [0.1, 0.15) is 5.56 Å². The second-order valence-corrected chi connectivity index (χ2v) is 4.02.